The van der Waals surface area contributed by atoms with Crippen molar-refractivity contribution < 1.29 is 4.79 Å². The van der Waals surface area contributed by atoms with Crippen LogP contribution in [0.15, 0.2) is 29.3 Å². The van der Waals surface area contributed by atoms with Gasteiger partial charge in [-0.15, -0.1) is 0 Å². The summed E-state index contributed by atoms with van der Waals surface area (Å²) in [6, 6.07) is 8.01. The third-order valence-corrected chi connectivity index (χ3v) is 4.67. The lowest BCUT2D eigenvalue weighted by Gasteiger charge is -2.16. The number of nitrogens with one attached hydrogen (secondary N) is 2. The third kappa shape index (κ3) is 7.44. The van der Waals surface area contributed by atoms with Gasteiger partial charge in [0.15, 0.2) is 5.96 Å². The lowest BCUT2D eigenvalue weighted by molar-refractivity contribution is 0.0951. The summed E-state index contributed by atoms with van der Waals surface area (Å²) in [5, 5.41) is 6.28. The Morgan fingerprint density at radius 1 is 1.23 bits per heavy atom. The first-order valence-corrected chi connectivity index (χ1v) is 9.63. The van der Waals surface area contributed by atoms with Gasteiger partial charge in [0.1, 0.15) is 0 Å². The largest absolute Gasteiger partial charge is 0.370 e. The first kappa shape index (κ1) is 20.2. The topological polar surface area (TPSA) is 82.8 Å². The van der Waals surface area contributed by atoms with Crippen LogP contribution >= 0.6 is 0 Å². The molecule has 0 bridgehead atoms. The first-order valence-electron chi connectivity index (χ1n) is 9.63. The molecule has 4 N–H and O–H groups in total. The number of guanidine groups is 1. The molecule has 0 saturated heterocycles. The maximum atomic E-state index is 12.2. The number of aliphatic imine (C=N–C) groups is 1. The third-order valence-electron chi connectivity index (χ3n) is 4.67. The number of nitrogens with zero attached hydrogens (tertiary/aromatic N) is 2. The Balaban J connectivity index is 1.85. The lowest BCUT2D eigenvalue weighted by atomic mass is 10.1. The summed E-state index contributed by atoms with van der Waals surface area (Å²) in [5.74, 6) is 0.444. The van der Waals surface area contributed by atoms with Crippen molar-refractivity contribution in [2.75, 3.05) is 27.2 Å². The number of likely N-dealkylation sites (N-methyl/N-ethyl adjacent to an activating group) is 1. The molecule has 1 aromatic rings. The number of carbonyl (C=O) groups excluding carboxylic acids is 1. The number of benzene rings is 1. The van der Waals surface area contributed by atoms with Crippen LogP contribution < -0.4 is 16.4 Å². The van der Waals surface area contributed by atoms with Gasteiger partial charge in [-0.1, -0.05) is 37.8 Å². The Kier molecular flexibility index (Phi) is 8.41. The molecule has 1 saturated carbocycles. The van der Waals surface area contributed by atoms with Crippen molar-refractivity contribution in [3.8, 4) is 0 Å². The average molecular weight is 360 g/mol. The summed E-state index contributed by atoms with van der Waals surface area (Å²) in [6.07, 6.45) is 7.49. The minimum atomic E-state index is -0.0535. The number of hydrogen-bond acceptors (Lipinski definition) is 3. The standard InChI is InChI=1S/C20H33N5O/c1-25(2)13-12-22-19(26)17-9-7-8-16(14-17)15-23-20(21)24-18-10-5-3-4-6-11-18/h7-9,14,18H,3-6,10-13,15H2,1-2H3,(H,22,26)(H3,21,23,24). The molecule has 0 aromatic heterocycles. The molecule has 0 spiro atoms. The van der Waals surface area contributed by atoms with Gasteiger partial charge in [-0.25, -0.2) is 4.99 Å². The second-order valence-corrected chi connectivity index (χ2v) is 7.29. The van der Waals surface area contributed by atoms with E-state index in [4.69, 9.17) is 5.73 Å². The van der Waals surface area contributed by atoms with E-state index in [1.165, 1.54) is 38.5 Å². The maximum Gasteiger partial charge on any atom is 0.251 e. The molecule has 6 nitrogen and oxygen atoms in total. The molecule has 6 heteroatoms. The fourth-order valence-corrected chi connectivity index (χ4v) is 3.16. The highest BCUT2D eigenvalue weighted by Gasteiger charge is 2.12. The smallest absolute Gasteiger partial charge is 0.251 e. The Morgan fingerprint density at radius 2 is 1.96 bits per heavy atom. The van der Waals surface area contributed by atoms with Crippen molar-refractivity contribution in [1.82, 2.24) is 15.5 Å². The van der Waals surface area contributed by atoms with E-state index >= 15 is 0 Å². The average Bonchev–Trinajstić information content (AvgIpc) is 2.88. The summed E-state index contributed by atoms with van der Waals surface area (Å²) in [4.78, 5) is 18.7. The number of carbonyl (C=O) groups is 1. The van der Waals surface area contributed by atoms with E-state index in [1.54, 1.807) is 0 Å². The summed E-state index contributed by atoms with van der Waals surface area (Å²) < 4.78 is 0. The Bertz CT molecular complexity index is 592. The summed E-state index contributed by atoms with van der Waals surface area (Å²) in [6.45, 7) is 1.93. The van der Waals surface area contributed by atoms with Crippen LogP contribution in [0.3, 0.4) is 0 Å². The molecule has 26 heavy (non-hydrogen) atoms. The number of hydrogen-bond donors (Lipinski definition) is 3. The molecule has 0 unspecified atom stereocenters. The number of nitrogens with two attached hydrogens (primary N) is 1. The van der Waals surface area contributed by atoms with E-state index in [-0.39, 0.29) is 5.91 Å². The van der Waals surface area contributed by atoms with Crippen LogP contribution in [0.2, 0.25) is 0 Å². The summed E-state index contributed by atoms with van der Waals surface area (Å²) in [7, 11) is 3.97. The molecule has 0 atom stereocenters. The first-order chi connectivity index (χ1) is 12.5. The van der Waals surface area contributed by atoms with E-state index in [1.807, 2.05) is 43.3 Å². The van der Waals surface area contributed by atoms with Gasteiger partial charge in [0.2, 0.25) is 0 Å². The van der Waals surface area contributed by atoms with Gasteiger partial charge in [-0.3, -0.25) is 4.79 Å². The molecule has 0 radical (unpaired) electrons. The maximum absolute atomic E-state index is 12.2. The van der Waals surface area contributed by atoms with E-state index in [9.17, 15) is 4.79 Å². The molecule has 1 fully saturated rings. The van der Waals surface area contributed by atoms with Crippen molar-refractivity contribution in [2.45, 2.75) is 51.1 Å². The summed E-state index contributed by atoms with van der Waals surface area (Å²) in [5.41, 5.74) is 7.69. The zero-order valence-electron chi connectivity index (χ0n) is 16.1. The highest BCUT2D eigenvalue weighted by Crippen LogP contribution is 2.17. The van der Waals surface area contributed by atoms with E-state index in [0.29, 0.717) is 30.7 Å². The predicted octanol–water partition coefficient (Wildman–Crippen LogP) is 2.11. The van der Waals surface area contributed by atoms with Crippen molar-refractivity contribution in [3.05, 3.63) is 35.4 Å². The Labute approximate surface area is 157 Å². The Hall–Kier alpha value is -2.08. The van der Waals surface area contributed by atoms with Gasteiger partial charge in [0.05, 0.1) is 6.54 Å². The van der Waals surface area contributed by atoms with Gasteiger partial charge in [0.25, 0.3) is 5.91 Å². The van der Waals surface area contributed by atoms with Crippen LogP contribution in [-0.2, 0) is 6.54 Å². The van der Waals surface area contributed by atoms with Gasteiger partial charge in [-0.2, -0.15) is 0 Å². The molecule has 0 heterocycles. The summed E-state index contributed by atoms with van der Waals surface area (Å²) >= 11 is 0. The van der Waals surface area contributed by atoms with Gasteiger partial charge < -0.3 is 21.3 Å². The fraction of sp³-hybridized carbons (Fsp3) is 0.600. The zero-order chi connectivity index (χ0) is 18.8. The molecule has 1 aliphatic carbocycles. The van der Waals surface area contributed by atoms with Crippen LogP contribution in [-0.4, -0.2) is 50.0 Å². The predicted molar refractivity (Wildman–Crippen MR) is 107 cm³/mol. The monoisotopic (exact) mass is 359 g/mol. The highest BCUT2D eigenvalue weighted by molar-refractivity contribution is 5.94. The second kappa shape index (κ2) is 10.8. The highest BCUT2D eigenvalue weighted by atomic mass is 16.1. The molecular formula is C20H33N5O. The van der Waals surface area contributed by atoms with Crippen LogP contribution in [0.1, 0.15) is 54.4 Å². The van der Waals surface area contributed by atoms with E-state index in [0.717, 1.165) is 12.1 Å². The molecular weight excluding hydrogens is 326 g/mol. The quantitative estimate of drug-likeness (QED) is 0.396. The fourth-order valence-electron chi connectivity index (χ4n) is 3.16. The Morgan fingerprint density at radius 3 is 2.65 bits per heavy atom. The molecule has 144 valence electrons. The minimum absolute atomic E-state index is 0.0535. The van der Waals surface area contributed by atoms with Gasteiger partial charge in [0, 0.05) is 24.7 Å². The number of amides is 1. The molecule has 0 aliphatic heterocycles. The van der Waals surface area contributed by atoms with Crippen LogP contribution in [0.5, 0.6) is 0 Å². The van der Waals surface area contributed by atoms with Gasteiger partial charge in [-0.05, 0) is 44.6 Å². The molecule has 1 aromatic carbocycles. The van der Waals surface area contributed by atoms with Crippen molar-refractivity contribution in [2.24, 2.45) is 10.7 Å². The SMILES string of the molecule is CN(C)CCNC(=O)c1cccc(CN=C(N)NC2CCCCCC2)c1. The molecule has 1 aliphatic rings. The molecule has 1 amide bonds. The van der Waals surface area contributed by atoms with Crippen molar-refractivity contribution in [3.63, 3.8) is 0 Å². The molecule has 2 rings (SSSR count). The lowest BCUT2D eigenvalue weighted by Crippen LogP contribution is -2.39. The number of rotatable bonds is 7. The van der Waals surface area contributed by atoms with Crippen molar-refractivity contribution in [1.29, 1.82) is 0 Å². The van der Waals surface area contributed by atoms with Crippen LogP contribution in [0.4, 0.5) is 0 Å². The second-order valence-electron chi connectivity index (χ2n) is 7.29. The van der Waals surface area contributed by atoms with Crippen LogP contribution in [0, 0.1) is 0 Å². The minimum Gasteiger partial charge on any atom is -0.370 e. The van der Waals surface area contributed by atoms with E-state index < -0.39 is 0 Å². The van der Waals surface area contributed by atoms with Crippen molar-refractivity contribution >= 4 is 11.9 Å². The zero-order valence-corrected chi connectivity index (χ0v) is 16.1. The van der Waals surface area contributed by atoms with Crippen LogP contribution in [0.25, 0.3) is 0 Å². The van der Waals surface area contributed by atoms with E-state index in [2.05, 4.69) is 15.6 Å². The van der Waals surface area contributed by atoms with Gasteiger partial charge >= 0.3 is 0 Å². The normalized spacial score (nSPS) is 16.3.